The first kappa shape index (κ1) is 34.6. The lowest BCUT2D eigenvalue weighted by Gasteiger charge is -2.38. The second kappa shape index (κ2) is 20.3. The third kappa shape index (κ3) is 13.0. The molecule has 0 bridgehead atoms. The first-order valence-corrected chi connectivity index (χ1v) is 16.7. The van der Waals surface area contributed by atoms with Crippen molar-refractivity contribution in [3.63, 3.8) is 0 Å². The first-order chi connectivity index (χ1) is 19.4. The molecule has 2 fully saturated rings. The lowest BCUT2D eigenvalue weighted by molar-refractivity contribution is -0.179. The molecule has 1 heterocycles. The molecule has 2 rings (SSSR count). The summed E-state index contributed by atoms with van der Waals surface area (Å²) < 4.78 is 23.3. The van der Waals surface area contributed by atoms with Gasteiger partial charge in [0.15, 0.2) is 0 Å². The van der Waals surface area contributed by atoms with Crippen LogP contribution in [-0.2, 0) is 28.5 Å². The molecule has 2 aliphatic rings. The molecule has 0 unspecified atom stereocenters. The minimum Gasteiger partial charge on any atom is -0.486 e. The van der Waals surface area contributed by atoms with Gasteiger partial charge in [0.2, 0.25) is 12.0 Å². The number of ether oxygens (including phenoxy) is 4. The molecule has 1 aliphatic heterocycles. The van der Waals surface area contributed by atoms with Crippen molar-refractivity contribution in [2.45, 2.75) is 163 Å². The van der Waals surface area contributed by atoms with Crippen LogP contribution in [0, 0.1) is 17.8 Å². The van der Waals surface area contributed by atoms with Crippen molar-refractivity contribution in [2.24, 2.45) is 17.8 Å². The van der Waals surface area contributed by atoms with Gasteiger partial charge >= 0.3 is 11.9 Å². The van der Waals surface area contributed by atoms with Crippen molar-refractivity contribution >= 4 is 11.9 Å². The van der Waals surface area contributed by atoms with Crippen LogP contribution in [0.15, 0.2) is 11.3 Å². The molecule has 6 heteroatoms. The number of carbonyl (C=O) groups excluding carboxylic acids is 2. The highest BCUT2D eigenvalue weighted by atomic mass is 16.7. The average molecular weight is 565 g/mol. The molecule has 4 atom stereocenters. The van der Waals surface area contributed by atoms with E-state index >= 15 is 0 Å². The molecular weight excluding hydrogens is 504 g/mol. The van der Waals surface area contributed by atoms with Crippen molar-refractivity contribution < 1.29 is 28.5 Å². The van der Waals surface area contributed by atoms with E-state index in [0.717, 1.165) is 25.7 Å². The van der Waals surface area contributed by atoms with Gasteiger partial charge in [-0.05, 0) is 43.9 Å². The van der Waals surface area contributed by atoms with Gasteiger partial charge in [0, 0.05) is 0 Å². The molecule has 0 aromatic carbocycles. The minimum atomic E-state index is -0.875. The maximum absolute atomic E-state index is 12.9. The number of carbonyl (C=O) groups is 2. The molecule has 0 N–H and O–H groups in total. The van der Waals surface area contributed by atoms with Crippen molar-refractivity contribution in [3.8, 4) is 0 Å². The number of hydrogen-bond donors (Lipinski definition) is 0. The zero-order valence-electron chi connectivity index (χ0n) is 26.5. The third-order valence-corrected chi connectivity index (χ3v) is 8.61. The molecule has 1 saturated heterocycles. The van der Waals surface area contributed by atoms with Gasteiger partial charge in [-0.15, -0.1) is 0 Å². The Morgan fingerprint density at radius 3 is 1.98 bits per heavy atom. The number of rotatable bonds is 21. The highest BCUT2D eigenvalue weighted by Crippen LogP contribution is 2.38. The predicted molar refractivity (Wildman–Crippen MR) is 161 cm³/mol. The Morgan fingerprint density at radius 2 is 1.43 bits per heavy atom. The van der Waals surface area contributed by atoms with Gasteiger partial charge in [0.1, 0.15) is 0 Å². The van der Waals surface area contributed by atoms with Gasteiger partial charge in [-0.25, -0.2) is 4.79 Å². The maximum Gasteiger partial charge on any atom is 0.373 e. The van der Waals surface area contributed by atoms with Crippen LogP contribution in [0.5, 0.6) is 0 Å². The van der Waals surface area contributed by atoms with E-state index in [1.54, 1.807) is 6.92 Å². The number of unbranched alkanes of at least 4 members (excludes halogenated alkanes) is 13. The molecular formula is C34H60O6. The summed E-state index contributed by atoms with van der Waals surface area (Å²) in [5.74, 6) is 0.629. The van der Waals surface area contributed by atoms with Gasteiger partial charge in [-0.1, -0.05) is 118 Å². The van der Waals surface area contributed by atoms with Crippen molar-refractivity contribution in [1.82, 2.24) is 0 Å². The van der Waals surface area contributed by atoms with E-state index in [4.69, 9.17) is 18.9 Å². The monoisotopic (exact) mass is 564 g/mol. The van der Waals surface area contributed by atoms with Crippen LogP contribution in [0.25, 0.3) is 0 Å². The summed E-state index contributed by atoms with van der Waals surface area (Å²) in [7, 11) is 0. The summed E-state index contributed by atoms with van der Waals surface area (Å²) >= 11 is 0. The van der Waals surface area contributed by atoms with Gasteiger partial charge < -0.3 is 18.9 Å². The second-order valence-electron chi connectivity index (χ2n) is 12.5. The Kier molecular flexibility index (Phi) is 17.6. The smallest absolute Gasteiger partial charge is 0.373 e. The maximum atomic E-state index is 12.9. The number of esters is 2. The minimum absolute atomic E-state index is 0.00612. The first-order valence-electron chi connectivity index (χ1n) is 16.7. The third-order valence-electron chi connectivity index (χ3n) is 8.61. The zero-order valence-corrected chi connectivity index (χ0v) is 26.5. The topological polar surface area (TPSA) is 71.1 Å². The van der Waals surface area contributed by atoms with E-state index in [2.05, 4.69) is 27.7 Å². The van der Waals surface area contributed by atoms with Crippen molar-refractivity contribution in [1.29, 1.82) is 0 Å². The normalized spacial score (nSPS) is 24.3. The molecule has 0 aromatic rings. The molecule has 0 spiro atoms. The Balaban J connectivity index is 1.78. The lowest BCUT2D eigenvalue weighted by atomic mass is 9.75. The number of cyclic esters (lactones) is 1. The Hall–Kier alpha value is -1.56. The van der Waals surface area contributed by atoms with Crippen LogP contribution in [0.2, 0.25) is 0 Å². The summed E-state index contributed by atoms with van der Waals surface area (Å²) in [5, 5.41) is 0. The lowest BCUT2D eigenvalue weighted by Crippen LogP contribution is -2.37. The quantitative estimate of drug-likeness (QED) is 0.0599. The van der Waals surface area contributed by atoms with Gasteiger partial charge in [0.05, 0.1) is 31.3 Å². The van der Waals surface area contributed by atoms with E-state index in [1.165, 1.54) is 83.5 Å². The molecule has 6 nitrogen and oxygen atoms in total. The fourth-order valence-corrected chi connectivity index (χ4v) is 6.15. The van der Waals surface area contributed by atoms with Crippen molar-refractivity contribution in [3.05, 3.63) is 11.3 Å². The largest absolute Gasteiger partial charge is 0.486 e. The van der Waals surface area contributed by atoms with Gasteiger partial charge in [-0.2, -0.15) is 0 Å². The van der Waals surface area contributed by atoms with Crippen LogP contribution < -0.4 is 0 Å². The Bertz CT molecular complexity index is 745. The van der Waals surface area contributed by atoms with Crippen LogP contribution in [0.4, 0.5) is 0 Å². The molecule has 40 heavy (non-hydrogen) atoms. The molecule has 0 amide bonds. The van der Waals surface area contributed by atoms with Crippen LogP contribution in [0.1, 0.15) is 150 Å². The van der Waals surface area contributed by atoms with E-state index in [0.29, 0.717) is 29.9 Å². The summed E-state index contributed by atoms with van der Waals surface area (Å²) in [4.78, 5) is 25.2. The summed E-state index contributed by atoms with van der Waals surface area (Å²) in [6.45, 7) is 11.4. The van der Waals surface area contributed by atoms with Crippen molar-refractivity contribution in [2.75, 3.05) is 13.2 Å². The fourth-order valence-electron chi connectivity index (χ4n) is 6.15. The fraction of sp³-hybridized carbons (Fsp3) is 0.882. The van der Waals surface area contributed by atoms with E-state index in [9.17, 15) is 9.59 Å². The van der Waals surface area contributed by atoms with Crippen LogP contribution in [-0.4, -0.2) is 37.5 Å². The number of hydrogen-bond acceptors (Lipinski definition) is 6. The molecule has 1 saturated carbocycles. The summed E-state index contributed by atoms with van der Waals surface area (Å²) in [5.41, 5.74) is 0.481. The Labute approximate surface area is 245 Å². The van der Waals surface area contributed by atoms with E-state index in [-0.39, 0.29) is 30.9 Å². The molecule has 232 valence electrons. The second-order valence-corrected chi connectivity index (χ2v) is 12.5. The van der Waals surface area contributed by atoms with Gasteiger partial charge in [-0.3, -0.25) is 4.79 Å². The molecule has 0 aromatic heterocycles. The standard InChI is InChI=1S/C34H60O6/c1-6-8-9-10-11-12-13-14-15-16-17-18-19-20-23-38-32(33(36)37-7-2)29-25-31(35)40-34(29)39-30-24-27(5)21-22-28(30)26(3)4/h26-28,30,34H,6-25H2,1-5H3/b32-29-/t27-,28+,30-,34-/m1/s1. The highest BCUT2D eigenvalue weighted by Gasteiger charge is 2.41. The van der Waals surface area contributed by atoms with Crippen LogP contribution >= 0.6 is 0 Å². The van der Waals surface area contributed by atoms with E-state index in [1.807, 2.05) is 0 Å². The van der Waals surface area contributed by atoms with Gasteiger partial charge in [0.25, 0.3) is 0 Å². The van der Waals surface area contributed by atoms with E-state index < -0.39 is 12.3 Å². The zero-order chi connectivity index (χ0) is 29.2. The summed E-state index contributed by atoms with van der Waals surface area (Å²) in [6.07, 6.45) is 20.3. The average Bonchev–Trinajstić information content (AvgIpc) is 3.27. The summed E-state index contributed by atoms with van der Waals surface area (Å²) in [6, 6.07) is 0. The predicted octanol–water partition coefficient (Wildman–Crippen LogP) is 9.05. The van der Waals surface area contributed by atoms with Crippen LogP contribution in [0.3, 0.4) is 0 Å². The molecule has 0 radical (unpaired) electrons. The Morgan fingerprint density at radius 1 is 0.850 bits per heavy atom. The molecule has 1 aliphatic carbocycles. The highest BCUT2D eigenvalue weighted by molar-refractivity contribution is 5.89. The SMILES string of the molecule is CCCCCCCCCCCCCCCCO/C(C(=O)OCC)=C1/CC(=O)O[C@H]1O[C@@H]1C[C@H](C)CC[C@H]1C(C)C.